The Morgan fingerprint density at radius 1 is 1.00 bits per heavy atom. The van der Waals surface area contributed by atoms with Gasteiger partial charge in [0.25, 0.3) is 0 Å². The van der Waals surface area contributed by atoms with Crippen molar-refractivity contribution in [3.05, 3.63) is 0 Å². The second-order valence-corrected chi connectivity index (χ2v) is 5.52. The summed E-state index contributed by atoms with van der Waals surface area (Å²) in [6.07, 6.45) is 0. The molecule has 2 aliphatic heterocycles. The van der Waals surface area contributed by atoms with Gasteiger partial charge in [0.15, 0.2) is 0 Å². The molecule has 2 heterocycles. The smallest absolute Gasteiger partial charge is 0.786 e. The van der Waals surface area contributed by atoms with Crippen LogP contribution in [0.1, 0.15) is 13.8 Å². The molecule has 0 N–H and O–H groups in total. The topological polar surface area (TPSA) is 69.2 Å². The van der Waals surface area contributed by atoms with Gasteiger partial charge in [0, 0.05) is 7.11 Å². The van der Waals surface area contributed by atoms with Gasteiger partial charge in [0.1, 0.15) is 0 Å². The molecule has 0 aromatic heterocycles. The van der Waals surface area contributed by atoms with Gasteiger partial charge in [-0.15, -0.1) is 0 Å². The van der Waals surface area contributed by atoms with Gasteiger partial charge < -0.3 is 27.5 Å². The summed E-state index contributed by atoms with van der Waals surface area (Å²) in [7, 11) is -1.62. The fourth-order valence-electron chi connectivity index (χ4n) is 1.19. The quantitative estimate of drug-likeness (QED) is 0.499. The standard InChI is InChI=1S/C6H11O6P2.C2H6.Cs/c1-8-14-11-4-6(5-12-14)2-9-13(7)10-3-6;1-2;/h2-5H2,1H3;1-2H3;/q-1;;+1. The first-order valence-corrected chi connectivity index (χ1v) is 7.26. The van der Waals surface area contributed by atoms with Crippen molar-refractivity contribution < 1.29 is 96.4 Å². The van der Waals surface area contributed by atoms with Crippen LogP contribution in [0.4, 0.5) is 0 Å². The molecule has 0 aromatic rings. The molecule has 9 heteroatoms. The maximum Gasteiger partial charge on any atom is 1.00 e. The van der Waals surface area contributed by atoms with Gasteiger partial charge in [0.05, 0.1) is 40.4 Å². The zero-order valence-corrected chi connectivity index (χ0v) is 18.7. The molecule has 2 aliphatic rings. The van der Waals surface area contributed by atoms with Crippen molar-refractivity contribution in [2.75, 3.05) is 33.5 Å². The number of rotatable bonds is 1. The van der Waals surface area contributed by atoms with Crippen LogP contribution in [0, 0.1) is 5.41 Å². The monoisotopic (exact) mass is 404 g/mol. The van der Waals surface area contributed by atoms with Gasteiger partial charge in [-0.3, -0.25) is 0 Å². The van der Waals surface area contributed by atoms with Crippen LogP contribution in [-0.2, 0) is 22.6 Å². The van der Waals surface area contributed by atoms with Gasteiger partial charge in [-0.25, -0.2) is 0 Å². The van der Waals surface area contributed by atoms with Crippen LogP contribution in [0.25, 0.3) is 0 Å². The van der Waals surface area contributed by atoms with Crippen molar-refractivity contribution in [2.24, 2.45) is 5.41 Å². The molecule has 0 radical (unpaired) electrons. The molecule has 0 amide bonds. The maximum atomic E-state index is 10.8. The van der Waals surface area contributed by atoms with Gasteiger partial charge in [-0.2, -0.15) is 0 Å². The Labute approximate surface area is 163 Å². The fourth-order valence-corrected chi connectivity index (χ4v) is 3.07. The summed E-state index contributed by atoms with van der Waals surface area (Å²) in [5, 5.41) is 0. The zero-order chi connectivity index (χ0) is 12.0. The Morgan fingerprint density at radius 2 is 1.41 bits per heavy atom. The average Bonchev–Trinajstić information content (AvgIpc) is 2.37. The second-order valence-electron chi connectivity index (χ2n) is 3.22. The summed E-state index contributed by atoms with van der Waals surface area (Å²) >= 11 is 0. The average molecular weight is 404 g/mol. The van der Waals surface area contributed by atoms with Crippen molar-refractivity contribution >= 4 is 17.2 Å². The predicted octanol–water partition coefficient (Wildman–Crippen LogP) is -1.44. The largest absolute Gasteiger partial charge is 1.00 e. The summed E-state index contributed by atoms with van der Waals surface area (Å²) in [6, 6.07) is 0. The molecule has 0 saturated carbocycles. The minimum absolute atomic E-state index is 0. The van der Waals surface area contributed by atoms with E-state index in [1.165, 1.54) is 7.11 Å². The molecule has 2 fully saturated rings. The van der Waals surface area contributed by atoms with Crippen LogP contribution in [0.2, 0.25) is 0 Å². The van der Waals surface area contributed by atoms with Crippen molar-refractivity contribution in [1.82, 2.24) is 0 Å². The Hall–Kier alpha value is 2.67. The normalized spacial score (nSPS) is 36.7. The molecule has 6 nitrogen and oxygen atoms in total. The van der Waals surface area contributed by atoms with Crippen LogP contribution >= 0.6 is 17.2 Å². The molecular formula is C8H17CsO6P2. The van der Waals surface area contributed by atoms with Crippen LogP contribution in [0.5, 0.6) is 0 Å². The van der Waals surface area contributed by atoms with Crippen LogP contribution in [-0.4, -0.2) is 33.5 Å². The number of hydrogen-bond acceptors (Lipinski definition) is 6. The third-order valence-electron chi connectivity index (χ3n) is 2.05. The third kappa shape index (κ3) is 6.31. The van der Waals surface area contributed by atoms with E-state index in [1.807, 2.05) is 13.8 Å². The molecule has 2 rings (SSSR count). The van der Waals surface area contributed by atoms with Crippen molar-refractivity contribution in [1.29, 1.82) is 0 Å². The summed E-state index contributed by atoms with van der Waals surface area (Å²) in [5.41, 5.74) is -0.319. The van der Waals surface area contributed by atoms with Gasteiger partial charge in [-0.1, -0.05) is 13.8 Å². The summed E-state index contributed by atoms with van der Waals surface area (Å²) in [5.74, 6) is 0. The second kappa shape index (κ2) is 10.4. The zero-order valence-electron chi connectivity index (χ0n) is 10.7. The van der Waals surface area contributed by atoms with Crippen LogP contribution < -0.4 is 73.8 Å². The summed E-state index contributed by atoms with van der Waals surface area (Å²) in [6.45, 7) is 5.59. The molecular weight excluding hydrogens is 387 g/mol. The van der Waals surface area contributed by atoms with E-state index in [-0.39, 0.29) is 74.3 Å². The van der Waals surface area contributed by atoms with Gasteiger partial charge >= 0.3 is 77.5 Å². The molecule has 0 unspecified atom stereocenters. The van der Waals surface area contributed by atoms with E-state index in [2.05, 4.69) is 0 Å². The fraction of sp³-hybridized carbons (Fsp3) is 1.00. The van der Waals surface area contributed by atoms with Crippen molar-refractivity contribution in [3.63, 3.8) is 0 Å². The molecule has 1 spiro atoms. The molecule has 0 bridgehead atoms. The van der Waals surface area contributed by atoms with E-state index >= 15 is 0 Å². The van der Waals surface area contributed by atoms with E-state index in [0.29, 0.717) is 26.4 Å². The third-order valence-corrected chi connectivity index (χ3v) is 3.71. The first-order chi connectivity index (χ1) is 7.74. The molecule has 0 atom stereocenters. The molecule has 0 aromatic carbocycles. The SMILES string of the molecule is CC.COP1OCC2(COP([O-])OC2)CO1.[Cs+]. The van der Waals surface area contributed by atoms with E-state index < -0.39 is 17.2 Å². The van der Waals surface area contributed by atoms with Crippen LogP contribution in [0.3, 0.4) is 0 Å². The van der Waals surface area contributed by atoms with Gasteiger partial charge in [0.2, 0.25) is 0 Å². The minimum Gasteiger partial charge on any atom is -0.786 e. The Bertz CT molecular complexity index is 192. The molecule has 2 saturated heterocycles. The molecule has 96 valence electrons. The molecule has 0 aliphatic carbocycles. The molecule has 17 heavy (non-hydrogen) atoms. The Morgan fingerprint density at radius 3 is 1.82 bits per heavy atom. The predicted molar refractivity (Wildman–Crippen MR) is 58.4 cm³/mol. The Kier molecular flexibility index (Phi) is 12.0. The van der Waals surface area contributed by atoms with E-state index in [9.17, 15) is 4.89 Å². The summed E-state index contributed by atoms with van der Waals surface area (Å²) in [4.78, 5) is 10.8. The maximum absolute atomic E-state index is 10.8. The van der Waals surface area contributed by atoms with E-state index in [0.717, 1.165) is 0 Å². The van der Waals surface area contributed by atoms with E-state index in [1.54, 1.807) is 0 Å². The first kappa shape index (κ1) is 19.7. The van der Waals surface area contributed by atoms with E-state index in [4.69, 9.17) is 22.6 Å². The minimum atomic E-state index is -1.94. The van der Waals surface area contributed by atoms with Crippen LogP contribution in [0.15, 0.2) is 0 Å². The van der Waals surface area contributed by atoms with Crippen molar-refractivity contribution in [2.45, 2.75) is 13.8 Å². The first-order valence-electron chi connectivity index (χ1n) is 5.07. The summed E-state index contributed by atoms with van der Waals surface area (Å²) < 4.78 is 25.4. The number of hydrogen-bond donors (Lipinski definition) is 0. The Balaban J connectivity index is 0.000000811. The van der Waals surface area contributed by atoms with Gasteiger partial charge in [-0.05, 0) is 0 Å². The van der Waals surface area contributed by atoms with Crippen molar-refractivity contribution in [3.8, 4) is 0 Å².